The molecule has 2 aromatic carbocycles. The van der Waals surface area contributed by atoms with E-state index < -0.39 is 23.3 Å². The Balaban J connectivity index is 2.07. The lowest BCUT2D eigenvalue weighted by molar-refractivity contribution is 0.417. The van der Waals surface area contributed by atoms with Gasteiger partial charge < -0.3 is 0 Å². The number of halogens is 5. The molecule has 0 spiro atoms. The normalized spacial score (nSPS) is 23.6. The van der Waals surface area contributed by atoms with E-state index in [-0.39, 0.29) is 13.1 Å². The molecule has 0 aromatic heterocycles. The van der Waals surface area contributed by atoms with E-state index in [1.165, 1.54) is 0 Å². The van der Waals surface area contributed by atoms with Crippen molar-refractivity contribution >= 4 is 23.3 Å². The molecule has 4 nitrogen and oxygen atoms in total. The number of benzene rings is 2. The molecule has 1 unspecified atom stereocenters. The molecule has 0 N–H and O–H groups in total. The van der Waals surface area contributed by atoms with Crippen LogP contribution in [-0.4, -0.2) is 4.67 Å². The van der Waals surface area contributed by atoms with Crippen LogP contribution in [0.1, 0.15) is 11.1 Å². The maximum atomic E-state index is 15.3. The molecule has 26 heavy (non-hydrogen) atoms. The number of nitrogens with zero attached hydrogens (tertiary/aromatic N) is 4. The van der Waals surface area contributed by atoms with Crippen molar-refractivity contribution in [1.82, 2.24) is 4.67 Å². The zero-order valence-corrected chi connectivity index (χ0v) is 15.9. The highest BCUT2D eigenvalue weighted by molar-refractivity contribution is 7.78. The van der Waals surface area contributed by atoms with Gasteiger partial charge in [-0.15, -0.1) is 30.3 Å². The van der Waals surface area contributed by atoms with Crippen molar-refractivity contribution in [3.63, 3.8) is 0 Å². The van der Waals surface area contributed by atoms with E-state index in [2.05, 4.69) is 13.5 Å². The lowest BCUT2D eigenvalue weighted by atomic mass is 10.2. The molecule has 0 saturated carbocycles. The molecule has 0 fully saturated rings. The Morgan fingerprint density at radius 3 is 1.46 bits per heavy atom. The lowest BCUT2D eigenvalue weighted by Crippen LogP contribution is -2.17. The molecule has 1 aliphatic heterocycles. The first kappa shape index (κ1) is 19.5. The molecule has 140 valence electrons. The van der Waals surface area contributed by atoms with Crippen molar-refractivity contribution in [2.45, 2.75) is 13.1 Å². The second kappa shape index (κ2) is 7.40. The van der Waals surface area contributed by atoms with Gasteiger partial charge in [0.25, 0.3) is 0 Å². The highest BCUT2D eigenvalue weighted by atomic mass is 31.3. The number of hydrogen-bond donors (Lipinski definition) is 0. The van der Waals surface area contributed by atoms with Gasteiger partial charge >= 0.3 is 23.3 Å². The SMILES string of the molecule is FP1(F)=NP(F)(F)=NP(F)(N(Cc2ccccc2)Cc2ccccc2)=N1. The van der Waals surface area contributed by atoms with Gasteiger partial charge in [-0.2, -0.15) is 4.20 Å². The fourth-order valence-corrected chi connectivity index (χ4v) is 8.61. The average molecular weight is 426 g/mol. The minimum atomic E-state index is -5.75. The predicted octanol–water partition coefficient (Wildman–Crippen LogP) is 8.39. The van der Waals surface area contributed by atoms with Gasteiger partial charge in [0.05, 0.1) is 0 Å². The molecular formula is C14H14F5N4P3. The van der Waals surface area contributed by atoms with Gasteiger partial charge in [-0.05, 0) is 11.1 Å². The van der Waals surface area contributed by atoms with Gasteiger partial charge in [0.15, 0.2) is 0 Å². The van der Waals surface area contributed by atoms with Gasteiger partial charge in [-0.25, -0.2) is 4.67 Å². The number of hydrogen-bond acceptors (Lipinski definition) is 4. The van der Waals surface area contributed by atoms with Gasteiger partial charge in [0.1, 0.15) is 0 Å². The highest BCUT2D eigenvalue weighted by Crippen LogP contribution is 2.82. The van der Waals surface area contributed by atoms with Crippen molar-refractivity contribution in [3.8, 4) is 0 Å². The maximum Gasteiger partial charge on any atom is 0.424 e. The van der Waals surface area contributed by atoms with Crippen LogP contribution < -0.4 is 0 Å². The summed E-state index contributed by atoms with van der Waals surface area (Å²) in [6, 6.07) is 16.8. The first-order chi connectivity index (χ1) is 12.2. The second-order valence-corrected chi connectivity index (χ2v) is 11.0. The summed E-state index contributed by atoms with van der Waals surface area (Å²) in [4.78, 5) is 0. The molecule has 1 atom stereocenters. The summed E-state index contributed by atoms with van der Waals surface area (Å²) >= 11 is 0. The Bertz CT molecular complexity index is 891. The largest absolute Gasteiger partial charge is 0.424 e. The number of rotatable bonds is 5. The van der Waals surface area contributed by atoms with E-state index in [1.54, 1.807) is 60.7 Å². The van der Waals surface area contributed by atoms with Crippen LogP contribution in [0.2, 0.25) is 0 Å². The van der Waals surface area contributed by atoms with Crippen LogP contribution in [0, 0.1) is 0 Å². The lowest BCUT2D eigenvalue weighted by Gasteiger charge is -2.29. The molecule has 0 aliphatic carbocycles. The zero-order chi connectivity index (χ0) is 18.8. The summed E-state index contributed by atoms with van der Waals surface area (Å²) in [6.45, 7) is -0.347. The molecule has 0 saturated heterocycles. The smallest absolute Gasteiger partial charge is 0.217 e. The quantitative estimate of drug-likeness (QED) is 0.350. The third-order valence-electron chi connectivity index (χ3n) is 3.43. The molecule has 2 aromatic rings. The van der Waals surface area contributed by atoms with E-state index in [9.17, 15) is 16.8 Å². The zero-order valence-electron chi connectivity index (χ0n) is 13.2. The first-order valence-electron chi connectivity index (χ1n) is 7.41. The van der Waals surface area contributed by atoms with E-state index in [4.69, 9.17) is 0 Å². The third kappa shape index (κ3) is 4.92. The average Bonchev–Trinajstić information content (AvgIpc) is 2.53. The Morgan fingerprint density at radius 1 is 0.615 bits per heavy atom. The Labute approximate surface area is 148 Å². The summed E-state index contributed by atoms with van der Waals surface area (Å²) in [5.41, 5.74) is 1.16. The van der Waals surface area contributed by atoms with Gasteiger partial charge in [0, 0.05) is 13.1 Å². The van der Waals surface area contributed by atoms with Crippen LogP contribution in [0.5, 0.6) is 0 Å². The van der Waals surface area contributed by atoms with E-state index in [1.807, 2.05) is 0 Å². The molecule has 0 bridgehead atoms. The van der Waals surface area contributed by atoms with E-state index in [0.29, 0.717) is 11.1 Å². The van der Waals surface area contributed by atoms with Crippen molar-refractivity contribution in [3.05, 3.63) is 71.8 Å². The summed E-state index contributed by atoms with van der Waals surface area (Å²) in [7, 11) is -16.5. The standard InChI is InChI=1S/C14H14F5N4P3/c15-24(16)20-25(17,18)22-26(19,21-24)23(11-13-7-3-1-4-8-13)12-14-9-5-2-6-10-14/h1-10H,11-12H2. The maximum absolute atomic E-state index is 15.3. The van der Waals surface area contributed by atoms with Crippen molar-refractivity contribution in [2.75, 3.05) is 0 Å². The minimum Gasteiger partial charge on any atom is -0.217 e. The topological polar surface area (TPSA) is 40.3 Å². The third-order valence-corrected chi connectivity index (χ3v) is 9.70. The summed E-state index contributed by atoms with van der Waals surface area (Å²) in [6.07, 6.45) is 0. The van der Waals surface area contributed by atoms with Gasteiger partial charge in [0.2, 0.25) is 0 Å². The van der Waals surface area contributed by atoms with Gasteiger partial charge in [-0.1, -0.05) is 60.7 Å². The molecule has 1 heterocycles. The van der Waals surface area contributed by atoms with E-state index in [0.717, 1.165) is 4.67 Å². The minimum absolute atomic E-state index is 0.174. The molecule has 0 amide bonds. The fourth-order valence-electron chi connectivity index (χ4n) is 2.39. The Morgan fingerprint density at radius 2 is 1.04 bits per heavy atom. The monoisotopic (exact) mass is 426 g/mol. The van der Waals surface area contributed by atoms with Crippen LogP contribution in [0.25, 0.3) is 0 Å². The Hall–Kier alpha value is -1.26. The van der Waals surface area contributed by atoms with Gasteiger partial charge in [-0.3, -0.25) is 0 Å². The summed E-state index contributed by atoms with van der Waals surface area (Å²) in [5, 5.41) is 0. The van der Waals surface area contributed by atoms with Crippen LogP contribution in [0.3, 0.4) is 0 Å². The van der Waals surface area contributed by atoms with E-state index >= 15 is 4.20 Å². The van der Waals surface area contributed by atoms with Crippen molar-refractivity contribution in [1.29, 1.82) is 0 Å². The van der Waals surface area contributed by atoms with Crippen molar-refractivity contribution in [2.24, 2.45) is 13.5 Å². The first-order valence-corrected chi connectivity index (χ1v) is 11.9. The molecular weight excluding hydrogens is 412 g/mol. The van der Waals surface area contributed by atoms with Crippen LogP contribution >= 0.6 is 23.3 Å². The molecule has 0 radical (unpaired) electrons. The summed E-state index contributed by atoms with van der Waals surface area (Å²) < 4.78 is 78.6. The van der Waals surface area contributed by atoms with Crippen molar-refractivity contribution < 1.29 is 21.0 Å². The summed E-state index contributed by atoms with van der Waals surface area (Å²) in [5.74, 6) is 0. The molecule has 3 rings (SSSR count). The highest BCUT2D eigenvalue weighted by Gasteiger charge is 2.42. The van der Waals surface area contributed by atoms with Crippen LogP contribution in [-0.2, 0) is 13.1 Å². The second-order valence-electron chi connectivity index (χ2n) is 5.47. The molecule has 1 aliphatic rings. The Kier molecular flexibility index (Phi) is 5.55. The molecule has 12 heteroatoms. The predicted molar refractivity (Wildman–Crippen MR) is 95.7 cm³/mol. The van der Waals surface area contributed by atoms with Crippen LogP contribution in [0.4, 0.5) is 21.0 Å². The van der Waals surface area contributed by atoms with Crippen LogP contribution in [0.15, 0.2) is 74.2 Å². The fraction of sp³-hybridized carbons (Fsp3) is 0.143.